The molecule has 1 amide bonds. The van der Waals surface area contributed by atoms with Crippen molar-refractivity contribution in [1.82, 2.24) is 14.9 Å². The molecule has 0 atom stereocenters. The van der Waals surface area contributed by atoms with Crippen LogP contribution in [0.2, 0.25) is 0 Å². The Balaban J connectivity index is 2.18. The summed E-state index contributed by atoms with van der Waals surface area (Å²) in [4.78, 5) is 13.6. The number of rotatable bonds is 5. The molecule has 0 bridgehead atoms. The van der Waals surface area contributed by atoms with E-state index in [2.05, 4.69) is 21.8 Å². The van der Waals surface area contributed by atoms with Crippen molar-refractivity contribution >= 4 is 34.6 Å². The van der Waals surface area contributed by atoms with E-state index < -0.39 is 5.54 Å². The van der Waals surface area contributed by atoms with Gasteiger partial charge in [-0.3, -0.25) is 4.79 Å². The highest BCUT2D eigenvalue weighted by atomic mass is 32.1. The number of aryl methyl sites for hydroxylation is 1. The number of carbonyl (C=O) groups excluding carboxylic acids is 1. The number of thiocarbonyl (C=S) groups is 1. The van der Waals surface area contributed by atoms with Crippen molar-refractivity contribution in [1.29, 1.82) is 0 Å². The van der Waals surface area contributed by atoms with Gasteiger partial charge in [0.25, 0.3) is 5.91 Å². The van der Waals surface area contributed by atoms with E-state index >= 15 is 0 Å². The second-order valence-corrected chi connectivity index (χ2v) is 6.81. The molecule has 0 aliphatic heterocycles. The summed E-state index contributed by atoms with van der Waals surface area (Å²) in [7, 11) is 0. The van der Waals surface area contributed by atoms with Gasteiger partial charge in [0.15, 0.2) is 0 Å². The van der Waals surface area contributed by atoms with Crippen molar-refractivity contribution in [2.45, 2.75) is 63.8 Å². The smallest absolute Gasteiger partial charge is 0.265 e. The zero-order valence-corrected chi connectivity index (χ0v) is 14.0. The second-order valence-electron chi connectivity index (χ2n) is 5.61. The molecule has 21 heavy (non-hydrogen) atoms. The number of nitrogens with two attached hydrogens (primary N) is 1. The number of amides is 1. The van der Waals surface area contributed by atoms with Gasteiger partial charge in [-0.1, -0.05) is 55.7 Å². The van der Waals surface area contributed by atoms with E-state index in [9.17, 15) is 4.79 Å². The van der Waals surface area contributed by atoms with Crippen LogP contribution in [0.3, 0.4) is 0 Å². The summed E-state index contributed by atoms with van der Waals surface area (Å²) in [6.07, 6.45) is 7.77. The third-order valence-corrected chi connectivity index (χ3v) is 5.19. The third-order valence-electron chi connectivity index (χ3n) is 4.03. The highest BCUT2D eigenvalue weighted by Crippen LogP contribution is 2.28. The van der Waals surface area contributed by atoms with Gasteiger partial charge in [0.2, 0.25) is 0 Å². The van der Waals surface area contributed by atoms with Crippen LogP contribution in [0, 0.1) is 0 Å². The molecule has 7 heteroatoms. The van der Waals surface area contributed by atoms with Gasteiger partial charge in [0.1, 0.15) is 4.88 Å². The normalized spacial score (nSPS) is 18.0. The molecule has 3 N–H and O–H groups in total. The van der Waals surface area contributed by atoms with Crippen LogP contribution >= 0.6 is 23.8 Å². The van der Waals surface area contributed by atoms with Crippen molar-refractivity contribution < 1.29 is 4.79 Å². The summed E-state index contributed by atoms with van der Waals surface area (Å²) in [5.41, 5.74) is 6.18. The van der Waals surface area contributed by atoms with Gasteiger partial charge in [0, 0.05) is 0 Å². The van der Waals surface area contributed by atoms with Gasteiger partial charge >= 0.3 is 0 Å². The maximum absolute atomic E-state index is 12.6. The quantitative estimate of drug-likeness (QED) is 0.642. The van der Waals surface area contributed by atoms with E-state index in [0.29, 0.717) is 9.87 Å². The lowest BCUT2D eigenvalue weighted by Gasteiger charge is -2.32. The molecule has 1 saturated carbocycles. The van der Waals surface area contributed by atoms with Crippen molar-refractivity contribution in [3.63, 3.8) is 0 Å². The van der Waals surface area contributed by atoms with Crippen LogP contribution in [-0.4, -0.2) is 26.0 Å². The second kappa shape index (κ2) is 7.26. The molecule has 1 aliphatic carbocycles. The van der Waals surface area contributed by atoms with Gasteiger partial charge in [-0.05, 0) is 30.8 Å². The predicted octanol–water partition coefficient (Wildman–Crippen LogP) is 2.60. The van der Waals surface area contributed by atoms with E-state index in [4.69, 9.17) is 18.0 Å². The zero-order valence-electron chi connectivity index (χ0n) is 12.4. The van der Waals surface area contributed by atoms with Gasteiger partial charge in [-0.15, -0.1) is 5.10 Å². The first kappa shape index (κ1) is 16.3. The Morgan fingerprint density at radius 3 is 2.62 bits per heavy atom. The van der Waals surface area contributed by atoms with Crippen molar-refractivity contribution in [3.8, 4) is 0 Å². The molecule has 0 saturated heterocycles. The monoisotopic (exact) mass is 326 g/mol. The fourth-order valence-corrected chi connectivity index (χ4v) is 3.68. The van der Waals surface area contributed by atoms with Gasteiger partial charge in [-0.25, -0.2) is 0 Å². The Morgan fingerprint density at radius 1 is 1.38 bits per heavy atom. The summed E-state index contributed by atoms with van der Waals surface area (Å²) in [6.45, 7) is 2.06. The molecule has 0 aromatic carbocycles. The average Bonchev–Trinajstić information content (AvgIpc) is 2.77. The van der Waals surface area contributed by atoms with Crippen molar-refractivity contribution in [2.75, 3.05) is 0 Å². The number of hydrogen-bond donors (Lipinski definition) is 2. The molecule has 0 unspecified atom stereocenters. The van der Waals surface area contributed by atoms with Gasteiger partial charge in [0.05, 0.1) is 16.2 Å². The van der Waals surface area contributed by atoms with Crippen molar-refractivity contribution in [3.05, 3.63) is 10.6 Å². The molecule has 1 aliphatic rings. The standard InChI is InChI=1S/C14H22N4OS2/c1-2-7-10-11(21-18-17-10)12(19)16-14(13(15)20)8-5-3-4-6-9-14/h2-9H2,1H3,(H2,15,20)(H,16,19). The minimum absolute atomic E-state index is 0.136. The fourth-order valence-electron chi connectivity index (χ4n) is 2.82. The first-order chi connectivity index (χ1) is 10.1. The lowest BCUT2D eigenvalue weighted by atomic mass is 9.90. The highest BCUT2D eigenvalue weighted by molar-refractivity contribution is 7.80. The van der Waals surface area contributed by atoms with Crippen LogP contribution in [0.15, 0.2) is 0 Å². The highest BCUT2D eigenvalue weighted by Gasteiger charge is 2.36. The van der Waals surface area contributed by atoms with E-state index in [1.54, 1.807) is 0 Å². The Labute approximate surface area is 134 Å². The molecule has 0 radical (unpaired) electrons. The Hall–Kier alpha value is -1.08. The first-order valence-electron chi connectivity index (χ1n) is 7.52. The molecular weight excluding hydrogens is 304 g/mol. The lowest BCUT2D eigenvalue weighted by molar-refractivity contribution is 0.0920. The first-order valence-corrected chi connectivity index (χ1v) is 8.71. The summed E-state index contributed by atoms with van der Waals surface area (Å²) < 4.78 is 3.91. The SMILES string of the molecule is CCCc1nnsc1C(=O)NC1(C(N)=S)CCCCCC1. The molecule has 1 heterocycles. The molecule has 0 spiro atoms. The van der Waals surface area contributed by atoms with E-state index in [1.165, 1.54) is 12.8 Å². The van der Waals surface area contributed by atoms with E-state index in [-0.39, 0.29) is 5.91 Å². The average molecular weight is 326 g/mol. The summed E-state index contributed by atoms with van der Waals surface area (Å²) in [6, 6.07) is 0. The maximum Gasteiger partial charge on any atom is 0.265 e. The van der Waals surface area contributed by atoms with Crippen LogP contribution in [0.1, 0.15) is 67.2 Å². The molecule has 1 aromatic heterocycles. The van der Waals surface area contributed by atoms with Gasteiger partial charge < -0.3 is 11.1 Å². The van der Waals surface area contributed by atoms with Crippen LogP contribution < -0.4 is 11.1 Å². The largest absolute Gasteiger partial charge is 0.391 e. The van der Waals surface area contributed by atoms with E-state index in [1.807, 2.05) is 0 Å². The Morgan fingerprint density at radius 2 is 2.05 bits per heavy atom. The molecule has 1 aromatic rings. The van der Waals surface area contributed by atoms with Crippen LogP contribution in [0.25, 0.3) is 0 Å². The van der Waals surface area contributed by atoms with Crippen LogP contribution in [0.5, 0.6) is 0 Å². The maximum atomic E-state index is 12.6. The van der Waals surface area contributed by atoms with Crippen molar-refractivity contribution in [2.24, 2.45) is 5.73 Å². The summed E-state index contributed by atoms with van der Waals surface area (Å²) in [5.74, 6) is -0.136. The van der Waals surface area contributed by atoms with Gasteiger partial charge in [-0.2, -0.15) is 0 Å². The lowest BCUT2D eigenvalue weighted by Crippen LogP contribution is -2.56. The van der Waals surface area contributed by atoms with Crippen LogP contribution in [0.4, 0.5) is 0 Å². The number of nitrogens with zero attached hydrogens (tertiary/aromatic N) is 2. The molecule has 1 fully saturated rings. The Bertz CT molecular complexity index is 507. The summed E-state index contributed by atoms with van der Waals surface area (Å²) in [5, 5.41) is 7.15. The molecular formula is C14H22N4OS2. The summed E-state index contributed by atoms with van der Waals surface area (Å²) >= 11 is 6.40. The molecule has 116 valence electrons. The fraction of sp³-hybridized carbons (Fsp3) is 0.714. The topological polar surface area (TPSA) is 80.9 Å². The minimum Gasteiger partial charge on any atom is -0.391 e. The minimum atomic E-state index is -0.545. The van der Waals surface area contributed by atoms with E-state index in [0.717, 1.165) is 55.8 Å². The number of hydrogen-bond acceptors (Lipinski definition) is 5. The zero-order chi connectivity index (χ0) is 15.3. The molecule has 5 nitrogen and oxygen atoms in total. The Kier molecular flexibility index (Phi) is 5.64. The number of aromatic nitrogens is 2. The number of carbonyl (C=O) groups is 1. The predicted molar refractivity (Wildman–Crippen MR) is 88.6 cm³/mol. The third kappa shape index (κ3) is 3.77. The molecule has 2 rings (SSSR count). The number of nitrogens with one attached hydrogen (secondary N) is 1. The van der Waals surface area contributed by atoms with Crippen LogP contribution in [-0.2, 0) is 6.42 Å².